The zero-order chi connectivity index (χ0) is 20.8. The van der Waals surface area contributed by atoms with Crippen molar-refractivity contribution in [3.05, 3.63) is 0 Å². The normalized spacial score (nSPS) is 50.5. The van der Waals surface area contributed by atoms with E-state index in [1.165, 1.54) is 38.5 Å². The highest BCUT2D eigenvalue weighted by Gasteiger charge is 2.62. The van der Waals surface area contributed by atoms with Crippen LogP contribution in [-0.4, -0.2) is 35.6 Å². The quantitative estimate of drug-likeness (QED) is 0.578. The molecular weight excluding hydrogens is 360 g/mol. The molecule has 0 radical (unpaired) electrons. The molecule has 4 fully saturated rings. The zero-order valence-corrected chi connectivity index (χ0v) is 19.4. The molecule has 0 aromatic carbocycles. The first kappa shape index (κ1) is 22.1. The van der Waals surface area contributed by atoms with Crippen LogP contribution < -0.4 is 0 Å². The SMILES string of the molecule is CC[C@@H](C)[C@H]1CC[C@H]2[C@@H]3[C@H](O)C[C@@H]4C[C@H](OCCCO)CC[C@]4(C)[C@H]3CC[C@]12C. The summed E-state index contributed by atoms with van der Waals surface area (Å²) in [5.74, 6) is 4.22. The Morgan fingerprint density at radius 2 is 1.72 bits per heavy atom. The van der Waals surface area contributed by atoms with Crippen LogP contribution in [-0.2, 0) is 4.74 Å². The minimum absolute atomic E-state index is 0.116. The number of aliphatic hydroxyl groups excluding tert-OH is 2. The number of aliphatic hydroxyl groups is 2. The van der Waals surface area contributed by atoms with Crippen molar-refractivity contribution in [2.45, 2.75) is 104 Å². The Balaban J connectivity index is 1.51. The monoisotopic (exact) mass is 406 g/mol. The Kier molecular flexibility index (Phi) is 6.42. The summed E-state index contributed by atoms with van der Waals surface area (Å²) in [7, 11) is 0. The van der Waals surface area contributed by atoms with Crippen LogP contribution in [0.1, 0.15) is 91.9 Å². The fraction of sp³-hybridized carbons (Fsp3) is 1.00. The lowest BCUT2D eigenvalue weighted by atomic mass is 9.43. The molecule has 3 nitrogen and oxygen atoms in total. The summed E-state index contributed by atoms with van der Waals surface area (Å²) in [6.07, 6.45) is 12.2. The van der Waals surface area contributed by atoms with Crippen molar-refractivity contribution in [3.8, 4) is 0 Å². The number of rotatable bonds is 6. The van der Waals surface area contributed by atoms with Gasteiger partial charge in [-0.2, -0.15) is 0 Å². The molecule has 0 aliphatic heterocycles. The van der Waals surface area contributed by atoms with Crippen molar-refractivity contribution >= 4 is 0 Å². The Morgan fingerprint density at radius 3 is 2.45 bits per heavy atom. The van der Waals surface area contributed by atoms with Gasteiger partial charge in [-0.3, -0.25) is 0 Å². The van der Waals surface area contributed by atoms with E-state index in [0.717, 1.165) is 43.4 Å². The molecule has 0 saturated heterocycles. The van der Waals surface area contributed by atoms with Crippen molar-refractivity contribution < 1.29 is 14.9 Å². The Labute approximate surface area is 179 Å². The van der Waals surface area contributed by atoms with Crippen LogP contribution in [0.15, 0.2) is 0 Å². The molecule has 4 saturated carbocycles. The third-order valence-electron chi connectivity index (χ3n) is 10.7. The van der Waals surface area contributed by atoms with Gasteiger partial charge in [-0.1, -0.05) is 34.1 Å². The molecule has 4 aliphatic rings. The molecule has 0 spiro atoms. The third kappa shape index (κ3) is 3.61. The van der Waals surface area contributed by atoms with E-state index in [1.54, 1.807) is 0 Å². The number of fused-ring (bicyclic) bond motifs is 5. The van der Waals surface area contributed by atoms with Gasteiger partial charge < -0.3 is 14.9 Å². The van der Waals surface area contributed by atoms with Crippen LogP contribution in [0.2, 0.25) is 0 Å². The smallest absolute Gasteiger partial charge is 0.0578 e. The van der Waals surface area contributed by atoms with Crippen LogP contribution in [0.3, 0.4) is 0 Å². The van der Waals surface area contributed by atoms with Crippen molar-refractivity contribution in [3.63, 3.8) is 0 Å². The molecule has 0 unspecified atom stereocenters. The topological polar surface area (TPSA) is 49.7 Å². The van der Waals surface area contributed by atoms with Crippen LogP contribution >= 0.6 is 0 Å². The maximum absolute atomic E-state index is 11.4. The molecule has 0 aromatic heterocycles. The minimum atomic E-state index is -0.116. The summed E-state index contributed by atoms with van der Waals surface area (Å²) in [4.78, 5) is 0. The zero-order valence-electron chi connectivity index (χ0n) is 19.4. The van der Waals surface area contributed by atoms with Gasteiger partial charge in [0, 0.05) is 13.2 Å². The summed E-state index contributed by atoms with van der Waals surface area (Å²) in [5.41, 5.74) is 0.835. The highest BCUT2D eigenvalue weighted by molar-refractivity contribution is 5.11. The minimum Gasteiger partial charge on any atom is -0.396 e. The summed E-state index contributed by atoms with van der Waals surface area (Å²) in [6.45, 7) is 10.9. The maximum atomic E-state index is 11.4. The number of ether oxygens (including phenoxy) is 1. The summed E-state index contributed by atoms with van der Waals surface area (Å²) < 4.78 is 6.09. The van der Waals surface area contributed by atoms with Gasteiger partial charge in [0.05, 0.1) is 12.2 Å². The van der Waals surface area contributed by atoms with Gasteiger partial charge in [0.2, 0.25) is 0 Å². The fourth-order valence-corrected chi connectivity index (χ4v) is 8.91. The molecule has 4 aliphatic carbocycles. The molecule has 0 amide bonds. The summed E-state index contributed by atoms with van der Waals surface area (Å²) in [6, 6.07) is 0. The molecule has 0 bridgehead atoms. The second-order valence-corrected chi connectivity index (χ2v) is 11.8. The fourth-order valence-electron chi connectivity index (χ4n) is 8.91. The molecule has 0 heterocycles. The van der Waals surface area contributed by atoms with Gasteiger partial charge in [-0.15, -0.1) is 0 Å². The van der Waals surface area contributed by atoms with E-state index in [4.69, 9.17) is 9.84 Å². The van der Waals surface area contributed by atoms with Crippen LogP contribution in [0, 0.1) is 46.3 Å². The Hall–Kier alpha value is -0.120. The van der Waals surface area contributed by atoms with Crippen molar-refractivity contribution in [2.24, 2.45) is 46.3 Å². The lowest BCUT2D eigenvalue weighted by molar-refractivity contribution is -0.178. The lowest BCUT2D eigenvalue weighted by Crippen LogP contribution is -2.58. The summed E-state index contributed by atoms with van der Waals surface area (Å²) in [5, 5.41) is 20.5. The summed E-state index contributed by atoms with van der Waals surface area (Å²) >= 11 is 0. The van der Waals surface area contributed by atoms with E-state index in [2.05, 4.69) is 27.7 Å². The maximum Gasteiger partial charge on any atom is 0.0578 e. The van der Waals surface area contributed by atoms with E-state index < -0.39 is 0 Å². The largest absolute Gasteiger partial charge is 0.396 e. The molecule has 2 N–H and O–H groups in total. The van der Waals surface area contributed by atoms with Crippen molar-refractivity contribution in [2.75, 3.05) is 13.2 Å². The molecule has 0 aromatic rings. The van der Waals surface area contributed by atoms with Crippen LogP contribution in [0.4, 0.5) is 0 Å². The van der Waals surface area contributed by atoms with E-state index in [0.29, 0.717) is 41.3 Å². The predicted molar refractivity (Wildman–Crippen MR) is 118 cm³/mol. The van der Waals surface area contributed by atoms with Crippen molar-refractivity contribution in [1.82, 2.24) is 0 Å². The van der Waals surface area contributed by atoms with Gasteiger partial charge in [-0.05, 0) is 104 Å². The first-order valence-electron chi connectivity index (χ1n) is 12.8. The van der Waals surface area contributed by atoms with E-state index in [-0.39, 0.29) is 12.7 Å². The first-order valence-corrected chi connectivity index (χ1v) is 12.8. The van der Waals surface area contributed by atoms with E-state index in [9.17, 15) is 5.11 Å². The highest BCUT2D eigenvalue weighted by atomic mass is 16.5. The lowest BCUT2D eigenvalue weighted by Gasteiger charge is -2.62. The second-order valence-electron chi connectivity index (χ2n) is 11.8. The molecule has 168 valence electrons. The highest BCUT2D eigenvalue weighted by Crippen LogP contribution is 2.68. The van der Waals surface area contributed by atoms with Gasteiger partial charge in [0.25, 0.3) is 0 Å². The number of hydrogen-bond acceptors (Lipinski definition) is 3. The Morgan fingerprint density at radius 1 is 1.00 bits per heavy atom. The average Bonchev–Trinajstić information content (AvgIpc) is 3.05. The number of hydrogen-bond donors (Lipinski definition) is 2. The molecular formula is C26H46O3. The van der Waals surface area contributed by atoms with Gasteiger partial charge in [-0.25, -0.2) is 0 Å². The van der Waals surface area contributed by atoms with E-state index >= 15 is 0 Å². The standard InChI is InChI=1S/C26H46O3/c1-5-17(2)20-7-8-21-24-22(10-12-26(20,21)4)25(3)11-9-19(29-14-6-13-27)15-18(25)16-23(24)28/h17-24,27-28H,5-16H2,1-4H3/t17-,18+,19-,20-,21+,22+,23-,24+,25+,26-/m1/s1. The molecule has 29 heavy (non-hydrogen) atoms. The Bertz CT molecular complexity index is 564. The third-order valence-corrected chi connectivity index (χ3v) is 10.7. The van der Waals surface area contributed by atoms with Crippen molar-refractivity contribution in [1.29, 1.82) is 0 Å². The van der Waals surface area contributed by atoms with Crippen LogP contribution in [0.25, 0.3) is 0 Å². The van der Waals surface area contributed by atoms with Gasteiger partial charge >= 0.3 is 0 Å². The second kappa shape index (κ2) is 8.43. The average molecular weight is 407 g/mol. The van der Waals surface area contributed by atoms with Gasteiger partial charge in [0.15, 0.2) is 0 Å². The van der Waals surface area contributed by atoms with E-state index in [1.807, 2.05) is 0 Å². The predicted octanol–water partition coefficient (Wildman–Crippen LogP) is 5.43. The molecule has 3 heteroatoms. The first-order chi connectivity index (χ1) is 13.8. The van der Waals surface area contributed by atoms with Gasteiger partial charge in [0.1, 0.15) is 0 Å². The molecule has 4 rings (SSSR count). The van der Waals surface area contributed by atoms with Crippen LogP contribution in [0.5, 0.6) is 0 Å². The molecule has 10 atom stereocenters.